The van der Waals surface area contributed by atoms with E-state index in [4.69, 9.17) is 5.11 Å². The van der Waals surface area contributed by atoms with Crippen LogP contribution in [0.25, 0.3) is 0 Å². The van der Waals surface area contributed by atoms with Gasteiger partial charge in [0, 0.05) is 19.7 Å². The minimum absolute atomic E-state index is 0.0151. The lowest BCUT2D eigenvalue weighted by molar-refractivity contribution is -0.384. The Hall–Kier alpha value is -1.89. The lowest BCUT2D eigenvalue weighted by Gasteiger charge is -2.15. The number of nitrogens with one attached hydrogen (secondary N) is 2. The molecular weight excluding hydrogens is 272 g/mol. The van der Waals surface area contributed by atoms with E-state index in [0.29, 0.717) is 30.5 Å². The van der Waals surface area contributed by atoms with E-state index in [9.17, 15) is 10.1 Å². The summed E-state index contributed by atoms with van der Waals surface area (Å²) in [7, 11) is 0. The van der Waals surface area contributed by atoms with Crippen LogP contribution in [0.2, 0.25) is 0 Å². The summed E-state index contributed by atoms with van der Waals surface area (Å²) in [5.74, 6) is 1.31. The van der Waals surface area contributed by atoms with Crippen molar-refractivity contribution >= 4 is 17.3 Å². The molecule has 1 heterocycles. The minimum Gasteiger partial charge on any atom is -0.396 e. The molecular formula is C14H24N4O3. The molecule has 0 aliphatic carbocycles. The SMILES string of the molecule is CCCNc1cc([N+](=O)[O-])cc(NCC(CC)CCO)n1. The maximum absolute atomic E-state index is 11.0. The predicted molar refractivity (Wildman–Crippen MR) is 83.6 cm³/mol. The van der Waals surface area contributed by atoms with Gasteiger partial charge in [-0.1, -0.05) is 20.3 Å². The van der Waals surface area contributed by atoms with Crippen LogP contribution in [0.5, 0.6) is 0 Å². The monoisotopic (exact) mass is 296 g/mol. The van der Waals surface area contributed by atoms with E-state index in [0.717, 1.165) is 19.4 Å². The van der Waals surface area contributed by atoms with E-state index in [-0.39, 0.29) is 12.3 Å². The highest BCUT2D eigenvalue weighted by molar-refractivity contribution is 5.54. The van der Waals surface area contributed by atoms with Gasteiger partial charge in [0.15, 0.2) is 0 Å². The average Bonchev–Trinajstić information content (AvgIpc) is 2.49. The summed E-state index contributed by atoms with van der Waals surface area (Å²) in [6, 6.07) is 2.87. The van der Waals surface area contributed by atoms with E-state index >= 15 is 0 Å². The Morgan fingerprint density at radius 2 is 2.00 bits per heavy atom. The first-order valence-electron chi connectivity index (χ1n) is 7.35. The molecule has 118 valence electrons. The fourth-order valence-corrected chi connectivity index (χ4v) is 1.94. The van der Waals surface area contributed by atoms with E-state index in [1.54, 1.807) is 0 Å². The maximum atomic E-state index is 11.0. The summed E-state index contributed by atoms with van der Waals surface area (Å²) in [6.07, 6.45) is 2.56. The molecule has 1 aromatic rings. The Morgan fingerprint density at radius 1 is 1.33 bits per heavy atom. The molecule has 1 atom stereocenters. The zero-order valence-corrected chi connectivity index (χ0v) is 12.6. The van der Waals surface area contributed by atoms with Gasteiger partial charge in [-0.25, -0.2) is 4.98 Å². The Balaban J connectivity index is 2.79. The van der Waals surface area contributed by atoms with Crippen LogP contribution in [0, 0.1) is 16.0 Å². The number of pyridine rings is 1. The molecule has 1 rings (SSSR count). The third-order valence-corrected chi connectivity index (χ3v) is 3.26. The summed E-state index contributed by atoms with van der Waals surface area (Å²) in [5.41, 5.74) is 0.0151. The second-order valence-corrected chi connectivity index (χ2v) is 4.95. The van der Waals surface area contributed by atoms with Crippen molar-refractivity contribution in [2.45, 2.75) is 33.1 Å². The molecule has 1 aromatic heterocycles. The van der Waals surface area contributed by atoms with E-state index in [1.807, 2.05) is 6.92 Å². The van der Waals surface area contributed by atoms with Gasteiger partial charge in [-0.2, -0.15) is 0 Å². The van der Waals surface area contributed by atoms with E-state index in [2.05, 4.69) is 22.5 Å². The third kappa shape index (κ3) is 5.95. The highest BCUT2D eigenvalue weighted by atomic mass is 16.6. The van der Waals surface area contributed by atoms with Crippen molar-refractivity contribution in [3.05, 3.63) is 22.2 Å². The van der Waals surface area contributed by atoms with Crippen LogP contribution >= 0.6 is 0 Å². The Morgan fingerprint density at radius 3 is 2.52 bits per heavy atom. The lowest BCUT2D eigenvalue weighted by atomic mass is 10.0. The molecule has 21 heavy (non-hydrogen) atoms. The molecule has 0 bridgehead atoms. The normalized spacial score (nSPS) is 12.0. The van der Waals surface area contributed by atoms with Crippen LogP contribution in [0.4, 0.5) is 17.3 Å². The number of anilines is 2. The van der Waals surface area contributed by atoms with Crippen LogP contribution in [-0.2, 0) is 0 Å². The number of nitrogens with zero attached hydrogens (tertiary/aromatic N) is 2. The fourth-order valence-electron chi connectivity index (χ4n) is 1.94. The Labute approximate surface area is 124 Å². The quantitative estimate of drug-likeness (QED) is 0.453. The van der Waals surface area contributed by atoms with Gasteiger partial charge in [0.2, 0.25) is 0 Å². The number of aliphatic hydroxyl groups excluding tert-OH is 1. The van der Waals surface area contributed by atoms with Gasteiger partial charge in [-0.05, 0) is 18.8 Å². The molecule has 0 fully saturated rings. The summed E-state index contributed by atoms with van der Waals surface area (Å²) >= 11 is 0. The maximum Gasteiger partial charge on any atom is 0.276 e. The van der Waals surface area contributed by atoms with E-state index < -0.39 is 4.92 Å². The summed E-state index contributed by atoms with van der Waals surface area (Å²) in [5, 5.41) is 26.1. The van der Waals surface area contributed by atoms with Gasteiger partial charge >= 0.3 is 0 Å². The topological polar surface area (TPSA) is 100 Å². The van der Waals surface area contributed by atoms with Crippen molar-refractivity contribution in [3.63, 3.8) is 0 Å². The van der Waals surface area contributed by atoms with Crippen LogP contribution in [0.1, 0.15) is 33.1 Å². The zero-order valence-electron chi connectivity index (χ0n) is 12.6. The van der Waals surface area contributed by atoms with E-state index in [1.165, 1.54) is 12.1 Å². The first-order chi connectivity index (χ1) is 10.1. The summed E-state index contributed by atoms with van der Waals surface area (Å²) in [4.78, 5) is 14.9. The third-order valence-electron chi connectivity index (χ3n) is 3.26. The lowest BCUT2D eigenvalue weighted by Crippen LogP contribution is -2.16. The number of rotatable bonds is 10. The highest BCUT2D eigenvalue weighted by Crippen LogP contribution is 2.21. The highest BCUT2D eigenvalue weighted by Gasteiger charge is 2.12. The van der Waals surface area contributed by atoms with Crippen LogP contribution in [-0.4, -0.2) is 34.7 Å². The van der Waals surface area contributed by atoms with Gasteiger partial charge in [-0.3, -0.25) is 10.1 Å². The molecule has 1 unspecified atom stereocenters. The molecule has 0 aliphatic heterocycles. The zero-order chi connectivity index (χ0) is 15.7. The predicted octanol–water partition coefficient (Wildman–Crippen LogP) is 2.63. The molecule has 0 spiro atoms. The molecule has 7 nitrogen and oxygen atoms in total. The second kappa shape index (κ2) is 9.12. The van der Waals surface area contributed by atoms with Crippen LogP contribution in [0.15, 0.2) is 12.1 Å². The number of aliphatic hydroxyl groups is 1. The van der Waals surface area contributed by atoms with Gasteiger partial charge in [0.1, 0.15) is 11.6 Å². The van der Waals surface area contributed by atoms with Crippen LogP contribution < -0.4 is 10.6 Å². The first kappa shape index (κ1) is 17.2. The van der Waals surface area contributed by atoms with Gasteiger partial charge in [0.25, 0.3) is 5.69 Å². The average molecular weight is 296 g/mol. The molecule has 0 radical (unpaired) electrons. The molecule has 0 aliphatic rings. The molecule has 0 aromatic carbocycles. The van der Waals surface area contributed by atoms with Crippen molar-refractivity contribution in [1.82, 2.24) is 4.98 Å². The number of hydrogen-bond acceptors (Lipinski definition) is 6. The first-order valence-corrected chi connectivity index (χ1v) is 7.35. The largest absolute Gasteiger partial charge is 0.396 e. The van der Waals surface area contributed by atoms with Crippen molar-refractivity contribution in [3.8, 4) is 0 Å². The molecule has 0 saturated carbocycles. The smallest absolute Gasteiger partial charge is 0.276 e. The minimum atomic E-state index is -0.422. The molecule has 7 heteroatoms. The summed E-state index contributed by atoms with van der Waals surface area (Å²) < 4.78 is 0. The molecule has 3 N–H and O–H groups in total. The van der Waals surface area contributed by atoms with Crippen molar-refractivity contribution in [2.24, 2.45) is 5.92 Å². The number of nitro groups is 1. The number of hydrogen-bond donors (Lipinski definition) is 3. The second-order valence-electron chi connectivity index (χ2n) is 4.95. The standard InChI is InChI=1S/C14H24N4O3/c1-3-6-15-13-8-12(18(20)21)9-14(17-13)16-10-11(4-2)5-7-19/h8-9,11,19H,3-7,10H2,1-2H3,(H2,15,16,17). The molecule has 0 amide bonds. The van der Waals surface area contributed by atoms with Crippen molar-refractivity contribution in [1.29, 1.82) is 0 Å². The van der Waals surface area contributed by atoms with Crippen LogP contribution in [0.3, 0.4) is 0 Å². The fraction of sp³-hybridized carbons (Fsp3) is 0.643. The Bertz CT molecular complexity index is 454. The van der Waals surface area contributed by atoms with Gasteiger partial charge in [-0.15, -0.1) is 0 Å². The molecule has 0 saturated heterocycles. The van der Waals surface area contributed by atoms with Crippen molar-refractivity contribution in [2.75, 3.05) is 30.3 Å². The van der Waals surface area contributed by atoms with Gasteiger partial charge in [0.05, 0.1) is 17.1 Å². The Kier molecular flexibility index (Phi) is 7.45. The van der Waals surface area contributed by atoms with Gasteiger partial charge < -0.3 is 15.7 Å². The number of aromatic nitrogens is 1. The van der Waals surface area contributed by atoms with Crippen molar-refractivity contribution < 1.29 is 10.0 Å². The summed E-state index contributed by atoms with van der Waals surface area (Å²) in [6.45, 7) is 5.57.